The summed E-state index contributed by atoms with van der Waals surface area (Å²) < 4.78 is 72.4. The first-order chi connectivity index (χ1) is 35.8. The molecule has 6 aromatic rings. The van der Waals surface area contributed by atoms with Gasteiger partial charge in [0.2, 0.25) is 6.29 Å². The fourth-order valence-electron chi connectivity index (χ4n) is 8.56. The number of hydrogen-bond donors (Lipinski definition) is 1. The summed E-state index contributed by atoms with van der Waals surface area (Å²) in [5.41, 5.74) is 4.40. The van der Waals surface area contributed by atoms with Gasteiger partial charge in [0, 0.05) is 6.42 Å². The van der Waals surface area contributed by atoms with Crippen LogP contribution in [0.3, 0.4) is 0 Å². The molecule has 14 heteroatoms. The van der Waals surface area contributed by atoms with Gasteiger partial charge in [-0.2, -0.15) is 0 Å². The summed E-state index contributed by atoms with van der Waals surface area (Å²) in [6, 6.07) is 55.4. The van der Waals surface area contributed by atoms with Crippen LogP contribution >= 0.6 is 0 Å². The topological polar surface area (TPSA) is 156 Å². The molecule has 0 bridgehead atoms. The maximum absolute atomic E-state index is 13.1. The lowest BCUT2D eigenvalue weighted by molar-refractivity contribution is -0.368. The fraction of sp³-hybridized carbons (Fsp3) is 0.356. The van der Waals surface area contributed by atoms with Crippen LogP contribution in [0.2, 0.25) is 0 Å². The Labute approximate surface area is 426 Å². The van der Waals surface area contributed by atoms with Crippen LogP contribution in [0, 0.1) is 0 Å². The Balaban J connectivity index is 1.18. The number of benzene rings is 6. The Hall–Kier alpha value is -6.30. The number of rotatable bonds is 26. The van der Waals surface area contributed by atoms with Crippen LogP contribution in [0.5, 0.6) is 11.5 Å². The van der Waals surface area contributed by atoms with Crippen LogP contribution in [0.1, 0.15) is 47.6 Å². The van der Waals surface area contributed by atoms with E-state index in [9.17, 15) is 14.7 Å². The highest BCUT2D eigenvalue weighted by Gasteiger charge is 2.54. The highest BCUT2D eigenvalue weighted by Crippen LogP contribution is 2.36. The molecule has 2 fully saturated rings. The van der Waals surface area contributed by atoms with Crippen molar-refractivity contribution in [2.24, 2.45) is 0 Å². The number of Topliss-reactive ketones (excluding diaryl/α,β-unsaturated/α-hetero) is 1. The Bertz CT molecular complexity index is 2520. The number of aliphatic hydroxyl groups excluding tert-OH is 1. The Kier molecular flexibility index (Phi) is 20.1. The molecule has 0 amide bonds. The molecular formula is C59H64O14. The van der Waals surface area contributed by atoms with Crippen molar-refractivity contribution in [1.29, 1.82) is 0 Å². The lowest BCUT2D eigenvalue weighted by Gasteiger charge is -2.49. The first-order valence-electron chi connectivity index (χ1n) is 24.6. The van der Waals surface area contributed by atoms with Gasteiger partial charge in [0.1, 0.15) is 72.7 Å². The second-order valence-electron chi connectivity index (χ2n) is 17.9. The van der Waals surface area contributed by atoms with Crippen LogP contribution in [0.25, 0.3) is 0 Å². The third kappa shape index (κ3) is 15.8. The summed E-state index contributed by atoms with van der Waals surface area (Å²) >= 11 is 0. The molecule has 384 valence electrons. The van der Waals surface area contributed by atoms with Crippen LogP contribution in [-0.4, -0.2) is 98.6 Å². The predicted molar refractivity (Wildman–Crippen MR) is 269 cm³/mol. The molecule has 0 aliphatic carbocycles. The van der Waals surface area contributed by atoms with Crippen molar-refractivity contribution in [2.75, 3.05) is 20.3 Å². The van der Waals surface area contributed by atoms with Crippen molar-refractivity contribution >= 4 is 11.8 Å². The van der Waals surface area contributed by atoms with Gasteiger partial charge in [-0.3, -0.25) is 4.79 Å². The molecule has 2 saturated heterocycles. The third-order valence-electron chi connectivity index (χ3n) is 12.4. The summed E-state index contributed by atoms with van der Waals surface area (Å²) in [5, 5.41) is 12.6. The molecule has 0 aromatic heterocycles. The zero-order valence-electron chi connectivity index (χ0n) is 41.1. The van der Waals surface area contributed by atoms with Crippen molar-refractivity contribution in [2.45, 2.75) is 114 Å². The van der Waals surface area contributed by atoms with E-state index in [1.54, 1.807) is 31.4 Å². The number of ketones is 1. The molecule has 73 heavy (non-hydrogen) atoms. The molecule has 1 N–H and O–H groups in total. The Morgan fingerprint density at radius 1 is 0.466 bits per heavy atom. The molecule has 10 atom stereocenters. The van der Waals surface area contributed by atoms with E-state index >= 15 is 0 Å². The maximum Gasteiger partial charge on any atom is 0.306 e. The lowest BCUT2D eigenvalue weighted by Crippen LogP contribution is -2.66. The van der Waals surface area contributed by atoms with Crippen molar-refractivity contribution in [1.82, 2.24) is 0 Å². The molecule has 6 aromatic carbocycles. The van der Waals surface area contributed by atoms with Gasteiger partial charge in [0.05, 0.1) is 53.2 Å². The van der Waals surface area contributed by atoms with Gasteiger partial charge >= 0.3 is 5.97 Å². The maximum atomic E-state index is 13.1. The van der Waals surface area contributed by atoms with Gasteiger partial charge in [-0.25, -0.2) is 0 Å². The van der Waals surface area contributed by atoms with E-state index in [0.29, 0.717) is 11.5 Å². The van der Waals surface area contributed by atoms with Crippen LogP contribution < -0.4 is 9.47 Å². The number of carbonyl (C=O) groups excluding carboxylic acids is 2. The highest BCUT2D eigenvalue weighted by molar-refractivity contribution is 5.81. The first kappa shape index (κ1) is 53.0. The van der Waals surface area contributed by atoms with E-state index in [2.05, 4.69) is 0 Å². The van der Waals surface area contributed by atoms with E-state index in [-0.39, 0.29) is 64.9 Å². The zero-order valence-corrected chi connectivity index (χ0v) is 41.1. The summed E-state index contributed by atoms with van der Waals surface area (Å²) in [4.78, 5) is 24.9. The summed E-state index contributed by atoms with van der Waals surface area (Å²) in [5.74, 6) is 0.372. The molecule has 0 saturated carbocycles. The number of hydrogen-bond acceptors (Lipinski definition) is 14. The van der Waals surface area contributed by atoms with Crippen molar-refractivity contribution in [3.8, 4) is 11.5 Å². The minimum absolute atomic E-state index is 0.0105. The Morgan fingerprint density at radius 3 is 1.38 bits per heavy atom. The van der Waals surface area contributed by atoms with Crippen molar-refractivity contribution in [3.63, 3.8) is 0 Å². The molecule has 0 unspecified atom stereocenters. The summed E-state index contributed by atoms with van der Waals surface area (Å²) in [6.45, 7) is 1.78. The van der Waals surface area contributed by atoms with E-state index in [1.165, 1.54) is 6.92 Å². The standard InChI is InChI=1S/C59H64O14/c1-41(60)28-33-51(61)65-40-50-53(66-35-43-20-10-4-11-21-43)52(62)55(67-36-44-22-12-5-13-23-44)58(72-50)73-54-49(39-64-34-42-18-8-3-9-19-42)71-59(70-48-31-29-47(63-2)30-32-48)57(69-38-46-26-16-7-17-27-46)56(54)68-37-45-24-14-6-15-25-45/h3-27,29-32,49-50,52-59,62H,28,33-40H2,1-2H3/t49-,50-,52+,53+,54-,55-,56+,57-,58+,59-/m1/s1. The number of carbonyl (C=O) groups is 2. The number of ether oxygens (including phenoxy) is 11. The normalized spacial score (nSPS) is 23.8. The quantitative estimate of drug-likeness (QED) is 0.0515. The first-order valence-corrected chi connectivity index (χ1v) is 24.6. The average Bonchev–Trinajstić information content (AvgIpc) is 3.43. The smallest absolute Gasteiger partial charge is 0.306 e. The van der Waals surface area contributed by atoms with Crippen LogP contribution in [0.4, 0.5) is 0 Å². The SMILES string of the molecule is COc1ccc(O[C@@H]2O[C@H](COCc3ccccc3)[C@@H](O[C@@H]3O[C@H](COC(=O)CCC(C)=O)[C@H](OCc4ccccc4)[C@H](O)[C@H]3OCc3ccccc3)[C@H](OCc3ccccc3)[C@H]2OCc2ccccc2)cc1. The molecular weight excluding hydrogens is 933 g/mol. The number of methoxy groups -OCH3 is 1. The fourth-order valence-corrected chi connectivity index (χ4v) is 8.56. The van der Waals surface area contributed by atoms with E-state index < -0.39 is 67.4 Å². The molecule has 2 heterocycles. The van der Waals surface area contributed by atoms with Gasteiger partial charge in [0.25, 0.3) is 0 Å². The van der Waals surface area contributed by atoms with Crippen LogP contribution in [0.15, 0.2) is 176 Å². The average molecular weight is 997 g/mol. The van der Waals surface area contributed by atoms with Crippen LogP contribution in [-0.2, 0) is 85.3 Å². The van der Waals surface area contributed by atoms with Gasteiger partial charge in [-0.1, -0.05) is 152 Å². The highest BCUT2D eigenvalue weighted by atomic mass is 16.8. The van der Waals surface area contributed by atoms with E-state index in [1.807, 2.05) is 152 Å². The van der Waals surface area contributed by atoms with E-state index in [4.69, 9.17) is 52.1 Å². The van der Waals surface area contributed by atoms with Crippen molar-refractivity contribution < 1.29 is 66.8 Å². The van der Waals surface area contributed by atoms with Gasteiger partial charge in [-0.15, -0.1) is 0 Å². The van der Waals surface area contributed by atoms with Gasteiger partial charge in [0.15, 0.2) is 6.29 Å². The molecule has 0 spiro atoms. The monoisotopic (exact) mass is 996 g/mol. The number of aliphatic hydroxyl groups is 1. The molecule has 0 radical (unpaired) electrons. The number of esters is 1. The second kappa shape index (κ2) is 27.7. The van der Waals surface area contributed by atoms with E-state index in [0.717, 1.165) is 27.8 Å². The molecule has 2 aliphatic rings. The van der Waals surface area contributed by atoms with Gasteiger partial charge in [-0.05, 0) is 59.0 Å². The lowest BCUT2D eigenvalue weighted by atomic mass is 9.96. The largest absolute Gasteiger partial charge is 0.497 e. The third-order valence-corrected chi connectivity index (χ3v) is 12.4. The summed E-state index contributed by atoms with van der Waals surface area (Å²) in [6.07, 6.45) is -11.2. The summed E-state index contributed by atoms with van der Waals surface area (Å²) in [7, 11) is 1.60. The Morgan fingerprint density at radius 2 is 0.890 bits per heavy atom. The predicted octanol–water partition coefficient (Wildman–Crippen LogP) is 8.74. The van der Waals surface area contributed by atoms with Gasteiger partial charge < -0.3 is 62.0 Å². The minimum Gasteiger partial charge on any atom is -0.497 e. The van der Waals surface area contributed by atoms with Crippen molar-refractivity contribution in [3.05, 3.63) is 204 Å². The molecule has 14 nitrogen and oxygen atoms in total. The molecule has 2 aliphatic heterocycles. The minimum atomic E-state index is -1.40. The molecule has 8 rings (SSSR count). The zero-order chi connectivity index (χ0) is 50.6. The second-order valence-corrected chi connectivity index (χ2v) is 17.9.